The number of pyridine rings is 1. The van der Waals surface area contributed by atoms with E-state index in [1.165, 1.54) is 29.1 Å². The second-order valence-electron chi connectivity index (χ2n) is 9.38. The number of carbonyl (C=O) groups excluding carboxylic acids is 2. The van der Waals surface area contributed by atoms with E-state index in [-0.39, 0.29) is 48.8 Å². The van der Waals surface area contributed by atoms with Crippen LogP contribution in [0.4, 0.5) is 4.39 Å². The molecular weight excluding hydrogens is 503 g/mol. The van der Waals surface area contributed by atoms with Gasteiger partial charge in [0.1, 0.15) is 30.4 Å². The molecule has 1 aromatic heterocycles. The summed E-state index contributed by atoms with van der Waals surface area (Å²) < 4.78 is 26.7. The van der Waals surface area contributed by atoms with Crippen LogP contribution in [-0.4, -0.2) is 40.7 Å². The Labute approximate surface area is 224 Å². The van der Waals surface area contributed by atoms with Gasteiger partial charge in [-0.3, -0.25) is 19.1 Å². The van der Waals surface area contributed by atoms with Crippen molar-refractivity contribution in [3.8, 4) is 11.5 Å². The molecule has 39 heavy (non-hydrogen) atoms. The normalized spacial score (nSPS) is 14.3. The molecule has 0 unspecified atom stereocenters. The van der Waals surface area contributed by atoms with Crippen LogP contribution in [0.2, 0.25) is 0 Å². The highest BCUT2D eigenvalue weighted by molar-refractivity contribution is 5.99. The predicted molar refractivity (Wildman–Crippen MR) is 143 cm³/mol. The van der Waals surface area contributed by atoms with Gasteiger partial charge in [-0.15, -0.1) is 6.58 Å². The molecule has 3 aromatic rings. The monoisotopic (exact) mass is 532 g/mol. The molecule has 10 heteroatoms. The zero-order valence-corrected chi connectivity index (χ0v) is 21.3. The number of halogens is 1. The van der Waals surface area contributed by atoms with Crippen LogP contribution in [0.1, 0.15) is 51.2 Å². The maximum absolute atomic E-state index is 13.8. The molecule has 202 valence electrons. The Kier molecular flexibility index (Phi) is 7.62. The minimum Gasteiger partial charge on any atom is -0.493 e. The largest absolute Gasteiger partial charge is 0.493 e. The van der Waals surface area contributed by atoms with E-state index in [1.807, 2.05) is 30.3 Å². The first-order valence-electron chi connectivity index (χ1n) is 12.8. The summed E-state index contributed by atoms with van der Waals surface area (Å²) in [6, 6.07) is 13.4. The molecule has 1 fully saturated rings. The van der Waals surface area contributed by atoms with Gasteiger partial charge in [0.25, 0.3) is 11.8 Å². The van der Waals surface area contributed by atoms with E-state index >= 15 is 0 Å². The summed E-state index contributed by atoms with van der Waals surface area (Å²) in [5.41, 5.74) is 3.62. The van der Waals surface area contributed by atoms with E-state index in [0.717, 1.165) is 18.4 Å². The molecule has 1 aliphatic carbocycles. The van der Waals surface area contributed by atoms with Crippen LogP contribution in [0.25, 0.3) is 0 Å². The first-order chi connectivity index (χ1) is 19.0. The summed E-state index contributed by atoms with van der Waals surface area (Å²) in [5.74, 6) is -1.36. The highest BCUT2D eigenvalue weighted by Crippen LogP contribution is 2.31. The van der Waals surface area contributed by atoms with Crippen molar-refractivity contribution in [2.24, 2.45) is 0 Å². The van der Waals surface area contributed by atoms with Gasteiger partial charge in [-0.05, 0) is 30.9 Å². The molecule has 0 spiro atoms. The van der Waals surface area contributed by atoms with Crippen molar-refractivity contribution in [1.29, 1.82) is 0 Å². The Balaban J connectivity index is 1.42. The first-order valence-corrected chi connectivity index (χ1v) is 12.8. The number of hydrogen-bond acceptors (Lipinski definition) is 6. The third kappa shape index (κ3) is 5.79. The van der Waals surface area contributed by atoms with Crippen LogP contribution < -0.4 is 25.6 Å². The van der Waals surface area contributed by atoms with Crippen molar-refractivity contribution in [1.82, 2.24) is 14.9 Å². The average molecular weight is 533 g/mol. The zero-order valence-electron chi connectivity index (χ0n) is 21.3. The van der Waals surface area contributed by atoms with Crippen LogP contribution >= 0.6 is 0 Å². The lowest BCUT2D eigenvalue weighted by Gasteiger charge is -2.32. The lowest BCUT2D eigenvalue weighted by atomic mass is 10.1. The van der Waals surface area contributed by atoms with Crippen molar-refractivity contribution in [2.45, 2.75) is 38.5 Å². The Morgan fingerprint density at radius 3 is 2.69 bits per heavy atom. The number of nitrogens with zero attached hydrogens (tertiary/aromatic N) is 2. The standard InChI is InChI=1S/C29H29FN4O5/c1-2-3-13-38-24-14-21(30)10-9-20(24)15-31-28(36)23-16-34-25(29(37)33(18-32-34)22-11-12-22)27(26(23)35)39-17-19-7-5-4-6-8-19/h2,4-10,14,16,22,32H,1,3,11-13,15,17-18H2,(H,31,36). The Morgan fingerprint density at radius 1 is 1.15 bits per heavy atom. The molecule has 2 aliphatic rings. The summed E-state index contributed by atoms with van der Waals surface area (Å²) in [5, 5.41) is 2.71. The maximum Gasteiger partial charge on any atom is 0.278 e. The molecule has 2 aromatic carbocycles. The van der Waals surface area contributed by atoms with Crippen molar-refractivity contribution in [3.63, 3.8) is 0 Å². The van der Waals surface area contributed by atoms with Crippen LogP contribution in [0, 0.1) is 5.82 Å². The van der Waals surface area contributed by atoms with Crippen molar-refractivity contribution in [2.75, 3.05) is 18.7 Å². The van der Waals surface area contributed by atoms with Gasteiger partial charge in [0.2, 0.25) is 5.43 Å². The van der Waals surface area contributed by atoms with Crippen molar-refractivity contribution < 1.29 is 23.5 Å². The number of hydrogen-bond donors (Lipinski definition) is 2. The summed E-state index contributed by atoms with van der Waals surface area (Å²) in [7, 11) is 0. The second-order valence-corrected chi connectivity index (χ2v) is 9.38. The molecule has 1 saturated carbocycles. The number of fused-ring (bicyclic) bond motifs is 1. The highest BCUT2D eigenvalue weighted by Gasteiger charge is 2.39. The van der Waals surface area contributed by atoms with Gasteiger partial charge in [-0.25, -0.2) is 4.39 Å². The molecule has 0 atom stereocenters. The predicted octanol–water partition coefficient (Wildman–Crippen LogP) is 3.57. The summed E-state index contributed by atoms with van der Waals surface area (Å²) in [4.78, 5) is 41.8. The molecule has 5 rings (SSSR count). The van der Waals surface area contributed by atoms with E-state index in [1.54, 1.807) is 11.0 Å². The lowest BCUT2D eigenvalue weighted by Crippen LogP contribution is -2.48. The summed E-state index contributed by atoms with van der Waals surface area (Å²) in [6.45, 7) is 4.23. The summed E-state index contributed by atoms with van der Waals surface area (Å²) >= 11 is 0. The molecule has 9 nitrogen and oxygen atoms in total. The van der Waals surface area contributed by atoms with Gasteiger partial charge < -0.3 is 25.1 Å². The SMILES string of the molecule is C=CCCOc1cc(F)ccc1CNC(=O)c1cn2c(c(OCc3ccccc3)c1=O)C(=O)N(C1CC1)CN2. The zero-order chi connectivity index (χ0) is 27.4. The van der Waals surface area contributed by atoms with E-state index < -0.39 is 17.2 Å². The molecule has 0 saturated heterocycles. The molecule has 2 N–H and O–H groups in total. The maximum atomic E-state index is 13.8. The molecule has 1 aliphatic heterocycles. The van der Waals surface area contributed by atoms with Crippen molar-refractivity contribution >= 4 is 11.8 Å². The second kappa shape index (κ2) is 11.4. The van der Waals surface area contributed by atoms with E-state index in [2.05, 4.69) is 17.3 Å². The fourth-order valence-electron chi connectivity index (χ4n) is 4.31. The number of ether oxygens (including phenoxy) is 2. The smallest absolute Gasteiger partial charge is 0.278 e. The van der Waals surface area contributed by atoms with Gasteiger partial charge in [0, 0.05) is 30.4 Å². The lowest BCUT2D eigenvalue weighted by molar-refractivity contribution is 0.0705. The molecule has 2 amide bonds. The molecule has 0 radical (unpaired) electrons. The fourth-order valence-corrected chi connectivity index (χ4v) is 4.31. The Morgan fingerprint density at radius 2 is 1.95 bits per heavy atom. The number of rotatable bonds is 11. The van der Waals surface area contributed by atoms with Gasteiger partial charge in [0.05, 0.1) is 6.61 Å². The minimum absolute atomic E-state index is 0.00818. The van der Waals surface area contributed by atoms with Crippen LogP contribution in [0.15, 0.2) is 72.2 Å². The topological polar surface area (TPSA) is 102 Å². The number of benzene rings is 2. The first kappa shape index (κ1) is 26.0. The Bertz CT molecular complexity index is 1450. The van der Waals surface area contributed by atoms with Gasteiger partial charge in [-0.1, -0.05) is 42.5 Å². The average Bonchev–Trinajstić information content (AvgIpc) is 3.78. The quantitative estimate of drug-likeness (QED) is 0.289. The van der Waals surface area contributed by atoms with E-state index in [4.69, 9.17) is 9.47 Å². The number of nitrogens with one attached hydrogen (secondary N) is 2. The third-order valence-electron chi connectivity index (χ3n) is 6.55. The van der Waals surface area contributed by atoms with Gasteiger partial charge in [-0.2, -0.15) is 0 Å². The van der Waals surface area contributed by atoms with Crippen LogP contribution in [0.5, 0.6) is 11.5 Å². The van der Waals surface area contributed by atoms with Crippen LogP contribution in [-0.2, 0) is 13.2 Å². The minimum atomic E-state index is -0.691. The third-order valence-corrected chi connectivity index (χ3v) is 6.55. The van der Waals surface area contributed by atoms with Gasteiger partial charge in [0.15, 0.2) is 11.4 Å². The highest BCUT2D eigenvalue weighted by atomic mass is 19.1. The van der Waals surface area contributed by atoms with Gasteiger partial charge >= 0.3 is 0 Å². The number of carbonyl (C=O) groups is 2. The number of aromatic nitrogens is 1. The Hall–Kier alpha value is -4.60. The number of amides is 2. The van der Waals surface area contributed by atoms with Crippen molar-refractivity contribution in [3.05, 3.63) is 106 Å². The van der Waals surface area contributed by atoms with E-state index in [0.29, 0.717) is 24.3 Å². The molecule has 2 heterocycles. The van der Waals surface area contributed by atoms with E-state index in [9.17, 15) is 18.8 Å². The molecule has 0 bridgehead atoms. The molecular formula is C29H29FN4O5. The van der Waals surface area contributed by atoms with Crippen LogP contribution in [0.3, 0.4) is 0 Å². The fraction of sp³-hybridized carbons (Fsp3) is 0.276. The summed E-state index contributed by atoms with van der Waals surface area (Å²) in [6.07, 6.45) is 5.38.